The van der Waals surface area contributed by atoms with Crippen LogP contribution in [0.5, 0.6) is 0 Å². The molecule has 6 fully saturated rings. The van der Waals surface area contributed by atoms with Crippen LogP contribution in [0.15, 0.2) is 0 Å². The number of likely N-dealkylation sites (tertiary alicyclic amines) is 1. The highest BCUT2D eigenvalue weighted by Crippen LogP contribution is 2.63. The maximum Gasteiger partial charge on any atom is 0.408 e. The first-order chi connectivity index (χ1) is 14.4. The minimum atomic E-state index is -0.762. The van der Waals surface area contributed by atoms with Crippen molar-refractivity contribution < 1.29 is 19.4 Å². The Labute approximate surface area is 184 Å². The van der Waals surface area contributed by atoms with Gasteiger partial charge in [0, 0.05) is 11.5 Å². The lowest BCUT2D eigenvalue weighted by Crippen LogP contribution is -2.66. The number of carbonyl (C=O) groups excluding carboxylic acids is 2. The van der Waals surface area contributed by atoms with Gasteiger partial charge in [0.1, 0.15) is 17.7 Å². The molecule has 5 aliphatic carbocycles. The minimum absolute atomic E-state index is 0.0945. The van der Waals surface area contributed by atoms with Gasteiger partial charge < -0.3 is 20.1 Å². The molecular weight excluding hydrogens is 394 g/mol. The van der Waals surface area contributed by atoms with Crippen LogP contribution in [0.4, 0.5) is 4.79 Å². The molecule has 1 aliphatic heterocycles. The highest BCUT2D eigenvalue weighted by atomic mass is 16.6. The van der Waals surface area contributed by atoms with Crippen LogP contribution in [0.3, 0.4) is 0 Å². The Kier molecular flexibility index (Phi) is 4.48. The number of nitrogens with one attached hydrogen (secondary N) is 1. The van der Waals surface area contributed by atoms with E-state index in [9.17, 15) is 20.0 Å². The van der Waals surface area contributed by atoms with Crippen molar-refractivity contribution in [2.24, 2.45) is 29.1 Å². The summed E-state index contributed by atoms with van der Waals surface area (Å²) in [7, 11) is 0. The number of piperidine rings is 1. The van der Waals surface area contributed by atoms with Crippen LogP contribution in [-0.4, -0.2) is 51.3 Å². The second-order valence-electron chi connectivity index (χ2n) is 12.3. The van der Waals surface area contributed by atoms with E-state index in [2.05, 4.69) is 18.3 Å². The Morgan fingerprint density at radius 2 is 1.84 bits per heavy atom. The van der Waals surface area contributed by atoms with E-state index in [1.165, 1.54) is 0 Å². The molecule has 5 saturated carbocycles. The molecule has 0 aromatic carbocycles. The molecule has 0 spiro atoms. The third kappa shape index (κ3) is 3.42. The molecule has 7 unspecified atom stereocenters. The SMILES string of the molecule is CC1C2CC(C#N)N(C(=O)C(NC(=O)OC(C)(C)C)C34CC5CC(CC(O)(C5)C3)C4)C12. The van der Waals surface area contributed by atoms with E-state index in [1.54, 1.807) is 25.7 Å². The lowest BCUT2D eigenvalue weighted by Gasteiger charge is -2.62. The summed E-state index contributed by atoms with van der Waals surface area (Å²) in [4.78, 5) is 28.6. The number of alkyl carbamates (subject to hydrolysis) is 1. The zero-order chi connectivity index (χ0) is 22.3. The molecule has 0 aromatic rings. The topological polar surface area (TPSA) is 103 Å². The van der Waals surface area contributed by atoms with Crippen molar-refractivity contribution in [2.45, 2.75) is 102 Å². The Morgan fingerprint density at radius 3 is 2.39 bits per heavy atom. The van der Waals surface area contributed by atoms with E-state index in [0.29, 0.717) is 30.1 Å². The smallest absolute Gasteiger partial charge is 0.408 e. The molecule has 1 saturated heterocycles. The van der Waals surface area contributed by atoms with Gasteiger partial charge in [0.05, 0.1) is 11.7 Å². The normalized spacial score (nSPS) is 45.6. The number of aliphatic hydroxyl groups is 1. The summed E-state index contributed by atoms with van der Waals surface area (Å²) in [5.74, 6) is 1.41. The number of hydrogen-bond acceptors (Lipinski definition) is 5. The van der Waals surface area contributed by atoms with E-state index in [-0.39, 0.29) is 11.9 Å². The van der Waals surface area contributed by atoms with Gasteiger partial charge in [0.2, 0.25) is 5.91 Å². The largest absolute Gasteiger partial charge is 0.444 e. The molecule has 1 heterocycles. The van der Waals surface area contributed by atoms with Crippen molar-refractivity contribution in [1.29, 1.82) is 5.26 Å². The van der Waals surface area contributed by atoms with Crippen molar-refractivity contribution in [3.05, 3.63) is 0 Å². The first kappa shape index (κ1) is 21.1. The molecule has 6 aliphatic rings. The fourth-order valence-electron chi connectivity index (χ4n) is 8.00. The number of amides is 2. The number of hydrogen-bond donors (Lipinski definition) is 2. The standard InChI is InChI=1S/C24H35N3O4/c1-13-17-6-16(11-25)27(18(13)17)20(28)19(26-21(29)31-22(2,3)4)23-7-14-5-15(8-23)10-24(30,9-14)12-23/h13-19,30H,5-10,12H2,1-4H3,(H,26,29). The summed E-state index contributed by atoms with van der Waals surface area (Å²) in [6, 6.07) is 1.22. The monoisotopic (exact) mass is 429 g/mol. The van der Waals surface area contributed by atoms with Gasteiger partial charge in [0.15, 0.2) is 0 Å². The summed E-state index contributed by atoms with van der Waals surface area (Å²) in [6.45, 7) is 7.55. The van der Waals surface area contributed by atoms with Crippen molar-refractivity contribution in [2.75, 3.05) is 0 Å². The van der Waals surface area contributed by atoms with Gasteiger partial charge >= 0.3 is 6.09 Å². The second kappa shape index (κ2) is 6.60. The van der Waals surface area contributed by atoms with Crippen LogP contribution >= 0.6 is 0 Å². The molecule has 7 heteroatoms. The Bertz CT molecular complexity index is 829. The lowest BCUT2D eigenvalue weighted by atomic mass is 9.46. The molecule has 31 heavy (non-hydrogen) atoms. The van der Waals surface area contributed by atoms with Gasteiger partial charge in [0.25, 0.3) is 0 Å². The van der Waals surface area contributed by atoms with Gasteiger partial charge in [-0.25, -0.2) is 4.79 Å². The summed E-state index contributed by atoms with van der Waals surface area (Å²) in [6.07, 6.45) is 5.03. The highest BCUT2D eigenvalue weighted by Gasteiger charge is 2.65. The summed E-state index contributed by atoms with van der Waals surface area (Å²) in [5, 5.41) is 23.9. The molecule has 0 radical (unpaired) electrons. The third-order valence-electron chi connectivity index (χ3n) is 8.66. The molecule has 4 bridgehead atoms. The summed E-state index contributed by atoms with van der Waals surface area (Å²) in [5.41, 5.74) is -1.88. The average Bonchev–Trinajstić information content (AvgIpc) is 3.07. The van der Waals surface area contributed by atoms with Gasteiger partial charge in [-0.3, -0.25) is 4.79 Å². The Hall–Kier alpha value is -1.81. The zero-order valence-electron chi connectivity index (χ0n) is 19.1. The molecule has 2 amide bonds. The first-order valence-corrected chi connectivity index (χ1v) is 11.9. The number of fused-ring (bicyclic) bond motifs is 1. The minimum Gasteiger partial charge on any atom is -0.444 e. The molecule has 7 atom stereocenters. The highest BCUT2D eigenvalue weighted by molar-refractivity contribution is 5.88. The van der Waals surface area contributed by atoms with Gasteiger partial charge in [-0.1, -0.05) is 6.92 Å². The predicted molar refractivity (Wildman–Crippen MR) is 113 cm³/mol. The van der Waals surface area contributed by atoms with Gasteiger partial charge in [-0.05, 0) is 89.4 Å². The van der Waals surface area contributed by atoms with Gasteiger partial charge in [-0.2, -0.15) is 5.26 Å². The van der Waals surface area contributed by atoms with Crippen LogP contribution in [0.2, 0.25) is 0 Å². The maximum absolute atomic E-state index is 14.0. The molecular formula is C24H35N3O4. The van der Waals surface area contributed by atoms with Crippen LogP contribution in [0.25, 0.3) is 0 Å². The van der Waals surface area contributed by atoms with Crippen molar-refractivity contribution in [3.8, 4) is 6.07 Å². The van der Waals surface area contributed by atoms with Crippen molar-refractivity contribution >= 4 is 12.0 Å². The van der Waals surface area contributed by atoms with Crippen LogP contribution in [0, 0.1) is 40.4 Å². The third-order valence-corrected chi connectivity index (χ3v) is 8.66. The molecule has 0 aromatic heterocycles. The average molecular weight is 430 g/mol. The summed E-state index contributed by atoms with van der Waals surface area (Å²) >= 11 is 0. The predicted octanol–water partition coefficient (Wildman–Crippen LogP) is 2.97. The molecule has 6 rings (SSSR count). The fraction of sp³-hybridized carbons (Fsp3) is 0.875. The Morgan fingerprint density at radius 1 is 1.19 bits per heavy atom. The van der Waals surface area contributed by atoms with E-state index in [1.807, 2.05) is 0 Å². The van der Waals surface area contributed by atoms with E-state index in [0.717, 1.165) is 38.5 Å². The first-order valence-electron chi connectivity index (χ1n) is 11.9. The molecule has 2 N–H and O–H groups in total. The number of rotatable bonds is 3. The molecule has 170 valence electrons. The van der Waals surface area contributed by atoms with Crippen molar-refractivity contribution in [3.63, 3.8) is 0 Å². The molecule has 7 nitrogen and oxygen atoms in total. The van der Waals surface area contributed by atoms with E-state index >= 15 is 0 Å². The quantitative estimate of drug-likeness (QED) is 0.718. The number of nitriles is 1. The Balaban J connectivity index is 1.48. The second-order valence-corrected chi connectivity index (χ2v) is 12.3. The van der Waals surface area contributed by atoms with Gasteiger partial charge in [-0.15, -0.1) is 0 Å². The van der Waals surface area contributed by atoms with Crippen molar-refractivity contribution in [1.82, 2.24) is 10.2 Å². The zero-order valence-corrected chi connectivity index (χ0v) is 19.1. The van der Waals surface area contributed by atoms with Crippen LogP contribution in [0.1, 0.15) is 72.6 Å². The number of ether oxygens (including phenoxy) is 1. The van der Waals surface area contributed by atoms with E-state index in [4.69, 9.17) is 4.74 Å². The number of carbonyl (C=O) groups is 2. The van der Waals surface area contributed by atoms with E-state index < -0.39 is 34.8 Å². The summed E-state index contributed by atoms with van der Waals surface area (Å²) < 4.78 is 5.53. The lowest BCUT2D eigenvalue weighted by molar-refractivity contribution is -0.180. The number of nitrogens with zero attached hydrogens (tertiary/aromatic N) is 2. The maximum atomic E-state index is 14.0. The fourth-order valence-corrected chi connectivity index (χ4v) is 8.00. The van der Waals surface area contributed by atoms with Crippen LogP contribution < -0.4 is 5.32 Å². The van der Waals surface area contributed by atoms with Crippen LogP contribution in [-0.2, 0) is 9.53 Å².